The van der Waals surface area contributed by atoms with Crippen LogP contribution in [0.15, 0.2) is 48.5 Å². The monoisotopic (exact) mass is 414 g/mol. The lowest BCUT2D eigenvalue weighted by atomic mass is 10.3. The summed E-state index contributed by atoms with van der Waals surface area (Å²) in [4.78, 5) is 34.9. The van der Waals surface area contributed by atoms with Crippen LogP contribution in [0.1, 0.15) is 29.2 Å². The molecule has 2 aliphatic rings. The van der Waals surface area contributed by atoms with Crippen LogP contribution in [0.3, 0.4) is 0 Å². The highest BCUT2D eigenvalue weighted by atomic mass is 16.4. The van der Waals surface area contributed by atoms with E-state index in [9.17, 15) is 9.59 Å². The first-order chi connectivity index (χ1) is 14.9. The number of hydrogen-bond donors (Lipinski definition) is 4. The van der Waals surface area contributed by atoms with Crippen LogP contribution in [0.2, 0.25) is 0 Å². The molecule has 8 bridgehead atoms. The van der Waals surface area contributed by atoms with E-state index in [0.29, 0.717) is 0 Å². The first kappa shape index (κ1) is 19.8. The van der Waals surface area contributed by atoms with Gasteiger partial charge in [0.2, 0.25) is 0 Å². The molecule has 0 aliphatic carbocycles. The van der Waals surface area contributed by atoms with E-state index in [1.165, 1.54) is 0 Å². The summed E-state index contributed by atoms with van der Waals surface area (Å²) in [5, 5.41) is 15.4. The Morgan fingerprint density at radius 2 is 0.968 bits per heavy atom. The summed E-state index contributed by atoms with van der Waals surface area (Å²) in [5.41, 5.74) is 7.86. The van der Waals surface area contributed by atoms with E-state index >= 15 is 0 Å². The number of aromatic amines is 2. The lowest BCUT2D eigenvalue weighted by Gasteiger charge is -1.86. The number of aliphatic carboxylic acids is 2. The molecule has 4 N–H and O–H groups in total. The highest BCUT2D eigenvalue weighted by Crippen LogP contribution is 2.17. The average molecular weight is 414 g/mol. The molecule has 2 aliphatic heterocycles. The lowest BCUT2D eigenvalue weighted by Crippen LogP contribution is -2.03. The number of nitrogens with zero attached hydrogens (tertiary/aromatic N) is 2. The van der Waals surface area contributed by atoms with E-state index in [4.69, 9.17) is 10.2 Å². The van der Waals surface area contributed by atoms with Crippen LogP contribution in [0.4, 0.5) is 0 Å². The van der Waals surface area contributed by atoms with Gasteiger partial charge in [0.05, 0.1) is 22.8 Å². The van der Waals surface area contributed by atoms with Gasteiger partial charge >= 0.3 is 11.9 Å². The summed E-state index contributed by atoms with van der Waals surface area (Å²) >= 11 is 0. The number of hydrogen-bond acceptors (Lipinski definition) is 4. The van der Waals surface area contributed by atoms with Gasteiger partial charge in [-0.05, 0) is 72.8 Å². The molecule has 5 rings (SSSR count). The van der Waals surface area contributed by atoms with E-state index in [0.717, 1.165) is 44.8 Å². The second kappa shape index (κ2) is 8.50. The predicted octanol–water partition coefficient (Wildman–Crippen LogP) is 4.20. The minimum absolute atomic E-state index is 0.806. The topological polar surface area (TPSA) is 132 Å². The van der Waals surface area contributed by atoms with Crippen LogP contribution in [-0.2, 0) is 9.59 Å². The maximum atomic E-state index is 9.43. The molecule has 0 amide bonds. The van der Waals surface area contributed by atoms with Gasteiger partial charge in [-0.15, -0.1) is 0 Å². The van der Waals surface area contributed by atoms with Gasteiger partial charge in [0.15, 0.2) is 0 Å². The Balaban J connectivity index is 0.000000289. The van der Waals surface area contributed by atoms with Gasteiger partial charge in [0, 0.05) is 22.1 Å². The van der Waals surface area contributed by atoms with Gasteiger partial charge in [-0.1, -0.05) is 0 Å². The fraction of sp³-hybridized carbons (Fsp3) is 0.0435. The van der Waals surface area contributed by atoms with E-state index in [2.05, 4.69) is 50.3 Å². The van der Waals surface area contributed by atoms with Crippen LogP contribution in [-0.4, -0.2) is 42.1 Å². The molecule has 3 aromatic heterocycles. The second-order valence-electron chi connectivity index (χ2n) is 6.87. The average Bonchev–Trinajstić information content (AvgIpc) is 3.46. The largest absolute Gasteiger partial charge is 0.481 e. The van der Waals surface area contributed by atoms with Crippen molar-refractivity contribution in [3.63, 3.8) is 0 Å². The third-order valence-corrected chi connectivity index (χ3v) is 4.34. The summed E-state index contributed by atoms with van der Waals surface area (Å²) in [6.45, 7) is 0. The minimum Gasteiger partial charge on any atom is -0.481 e. The number of carboxylic acid groups (broad SMARTS) is 2. The third kappa shape index (κ3) is 5.33. The number of nitrogens with one attached hydrogen (secondary N) is 2. The van der Waals surface area contributed by atoms with Crippen LogP contribution < -0.4 is 0 Å². The maximum Gasteiger partial charge on any atom is 0.314 e. The van der Waals surface area contributed by atoms with Crippen molar-refractivity contribution in [2.45, 2.75) is 6.42 Å². The molecular weight excluding hydrogens is 396 g/mol. The van der Waals surface area contributed by atoms with E-state index in [1.54, 1.807) is 0 Å². The molecule has 0 saturated carbocycles. The quantitative estimate of drug-likeness (QED) is 0.320. The molecule has 8 heteroatoms. The molecule has 0 radical (unpaired) electrons. The molecule has 0 spiro atoms. The number of fused-ring (bicyclic) bond motifs is 8. The molecule has 0 atom stereocenters. The summed E-state index contributed by atoms with van der Waals surface area (Å²) in [6, 6.07) is 16.4. The highest BCUT2D eigenvalue weighted by Gasteiger charge is 2.03. The van der Waals surface area contributed by atoms with Crippen molar-refractivity contribution >= 4 is 58.3 Å². The van der Waals surface area contributed by atoms with Gasteiger partial charge in [0.1, 0.15) is 6.42 Å². The number of aromatic nitrogens is 4. The van der Waals surface area contributed by atoms with Crippen LogP contribution >= 0.6 is 0 Å². The van der Waals surface area contributed by atoms with Crippen molar-refractivity contribution in [3.8, 4) is 0 Å². The summed E-state index contributed by atoms with van der Waals surface area (Å²) in [6.07, 6.45) is 7.24. The molecule has 31 heavy (non-hydrogen) atoms. The van der Waals surface area contributed by atoms with Crippen molar-refractivity contribution in [1.29, 1.82) is 0 Å². The fourth-order valence-corrected chi connectivity index (χ4v) is 3.07. The SMILES string of the molecule is C1=Cc2cc3ccc(cc4ccc(cc5nc(cc1n2)C=C5)[nH]4)[nH]3.O=C(O)CC(=O)O. The first-order valence-electron chi connectivity index (χ1n) is 9.41. The molecule has 0 fully saturated rings. The summed E-state index contributed by atoms with van der Waals surface area (Å²) < 4.78 is 0. The standard InChI is InChI=1S/C20H14N4.C3H4O4/c1-2-14-10-16-5-6-18(23-16)12-20-8-7-19(24-20)11-17-4-3-15(22-17)9-13(1)21-14;4-2(5)1-3(6)7/h1-12,21-22H;1H2,(H,4,5)(H,6,7). The van der Waals surface area contributed by atoms with Crippen LogP contribution in [0.5, 0.6) is 0 Å². The summed E-state index contributed by atoms with van der Waals surface area (Å²) in [7, 11) is 0. The van der Waals surface area contributed by atoms with Gasteiger partial charge in [-0.2, -0.15) is 0 Å². The lowest BCUT2D eigenvalue weighted by molar-refractivity contribution is -0.147. The number of rotatable bonds is 2. The van der Waals surface area contributed by atoms with Crippen LogP contribution in [0, 0.1) is 0 Å². The third-order valence-electron chi connectivity index (χ3n) is 4.34. The molecule has 0 unspecified atom stereocenters. The zero-order valence-corrected chi connectivity index (χ0v) is 16.2. The van der Waals surface area contributed by atoms with Crippen molar-refractivity contribution < 1.29 is 19.8 Å². The Labute approximate surface area is 176 Å². The number of H-pyrrole nitrogens is 2. The maximum absolute atomic E-state index is 9.43. The Bertz CT molecular complexity index is 1280. The summed E-state index contributed by atoms with van der Waals surface area (Å²) in [5.74, 6) is -2.62. The smallest absolute Gasteiger partial charge is 0.314 e. The van der Waals surface area contributed by atoms with Crippen LogP contribution in [0.25, 0.3) is 46.4 Å². The van der Waals surface area contributed by atoms with Crippen molar-refractivity contribution in [1.82, 2.24) is 19.9 Å². The van der Waals surface area contributed by atoms with E-state index in [-0.39, 0.29) is 0 Å². The first-order valence-corrected chi connectivity index (χ1v) is 9.41. The van der Waals surface area contributed by atoms with E-state index < -0.39 is 18.4 Å². The zero-order chi connectivity index (χ0) is 21.8. The number of carboxylic acids is 2. The highest BCUT2D eigenvalue weighted by molar-refractivity contribution is 5.88. The Morgan fingerprint density at radius 3 is 1.32 bits per heavy atom. The molecule has 5 heterocycles. The Morgan fingerprint density at radius 1 is 0.613 bits per heavy atom. The van der Waals surface area contributed by atoms with Gasteiger partial charge < -0.3 is 20.2 Å². The molecule has 0 aromatic carbocycles. The van der Waals surface area contributed by atoms with Gasteiger partial charge in [-0.3, -0.25) is 9.59 Å². The Kier molecular flexibility index (Phi) is 5.44. The molecular formula is C23H18N4O4. The van der Waals surface area contributed by atoms with Crippen molar-refractivity contribution in [2.24, 2.45) is 0 Å². The zero-order valence-electron chi connectivity index (χ0n) is 16.2. The Hall–Kier alpha value is -4.46. The van der Waals surface area contributed by atoms with Gasteiger partial charge in [0.25, 0.3) is 0 Å². The normalized spacial score (nSPS) is 11.6. The molecule has 0 saturated heterocycles. The molecule has 8 nitrogen and oxygen atoms in total. The molecule has 3 aromatic rings. The number of carbonyl (C=O) groups is 2. The molecule has 154 valence electrons. The van der Waals surface area contributed by atoms with Crippen molar-refractivity contribution in [3.05, 3.63) is 71.3 Å². The van der Waals surface area contributed by atoms with Crippen molar-refractivity contribution in [2.75, 3.05) is 0 Å². The fourth-order valence-electron chi connectivity index (χ4n) is 3.07. The van der Waals surface area contributed by atoms with Gasteiger partial charge in [-0.25, -0.2) is 9.97 Å². The second-order valence-corrected chi connectivity index (χ2v) is 6.87. The van der Waals surface area contributed by atoms with E-state index in [1.807, 2.05) is 42.5 Å². The minimum atomic E-state index is -1.31. The predicted molar refractivity (Wildman–Crippen MR) is 119 cm³/mol.